The summed E-state index contributed by atoms with van der Waals surface area (Å²) in [6.45, 7) is 0. The van der Waals surface area contributed by atoms with Crippen molar-refractivity contribution in [3.05, 3.63) is 0 Å². The predicted molar refractivity (Wildman–Crippen MR) is 78.8 cm³/mol. The van der Waals surface area contributed by atoms with Crippen LogP contribution in [-0.2, 0) is 17.1 Å². The predicted octanol–water partition coefficient (Wildman–Crippen LogP) is -9.27. The van der Waals surface area contributed by atoms with Crippen molar-refractivity contribution < 1.29 is 47.6 Å². The van der Waals surface area contributed by atoms with E-state index in [0.29, 0.717) is 25.7 Å². The summed E-state index contributed by atoms with van der Waals surface area (Å²) in [5.41, 5.74) is 22.3. The Morgan fingerprint density at radius 1 is 0.522 bits per heavy atom. The van der Waals surface area contributed by atoms with Crippen LogP contribution in [0.1, 0.15) is 38.5 Å². The Bertz CT molecular complexity index is 189. The van der Waals surface area contributed by atoms with Crippen LogP contribution < -0.4 is 32.3 Å². The molecule has 149 valence electrons. The molecule has 0 saturated heterocycles. The molecule has 2 unspecified atom stereocenters. The fourth-order valence-electron chi connectivity index (χ4n) is 2.75. The Hall–Kier alpha value is 0.0595. The first-order valence-electron chi connectivity index (χ1n) is 6.75. The third-order valence-corrected chi connectivity index (χ3v) is 3.51. The molecule has 2 aliphatic rings. The van der Waals surface area contributed by atoms with Gasteiger partial charge in [-0.25, -0.2) is 0 Å². The number of aliphatic hydroxyl groups is 2. The molecule has 0 heterocycles. The van der Waals surface area contributed by atoms with E-state index in [9.17, 15) is 0 Å². The molecule has 0 bridgehead atoms. The van der Waals surface area contributed by atoms with Gasteiger partial charge in [-0.3, -0.25) is 0 Å². The maximum absolute atomic E-state index is 9.09. The van der Waals surface area contributed by atoms with Crippen molar-refractivity contribution in [2.45, 2.75) is 74.9 Å². The third-order valence-electron chi connectivity index (χ3n) is 3.51. The van der Waals surface area contributed by atoms with Crippen molar-refractivity contribution in [1.82, 2.24) is 0 Å². The Morgan fingerprint density at radius 2 is 0.696 bits per heavy atom. The van der Waals surface area contributed by atoms with Gasteiger partial charge >= 0.3 is 17.1 Å². The zero-order valence-corrected chi connectivity index (χ0v) is 13.9. The quantitative estimate of drug-likeness (QED) is 0.218. The SMILES string of the molecule is N[C@@H]1CC(O)C[C@H](N)C1.N[C@@H]1CC(O)C[C@H](N)C1.O.O.[Cu+2].[F-].[F-]. The van der Waals surface area contributed by atoms with Crippen LogP contribution in [0.15, 0.2) is 0 Å². The maximum Gasteiger partial charge on any atom is 2.00 e. The zero-order chi connectivity index (χ0) is 13.7. The van der Waals surface area contributed by atoms with Gasteiger partial charge in [-0.1, -0.05) is 0 Å². The van der Waals surface area contributed by atoms with Gasteiger partial charge in [0.1, 0.15) is 0 Å². The first-order valence-corrected chi connectivity index (χ1v) is 6.75. The molecule has 1 radical (unpaired) electrons. The largest absolute Gasteiger partial charge is 2.00 e. The van der Waals surface area contributed by atoms with Crippen molar-refractivity contribution in [3.63, 3.8) is 0 Å². The summed E-state index contributed by atoms with van der Waals surface area (Å²) in [6.07, 6.45) is 4.06. The summed E-state index contributed by atoms with van der Waals surface area (Å²) in [5, 5.41) is 18.2. The molecule has 0 amide bonds. The van der Waals surface area contributed by atoms with E-state index >= 15 is 0 Å². The van der Waals surface area contributed by atoms with Crippen LogP contribution in [0, 0.1) is 0 Å². The first kappa shape index (κ1) is 34.4. The number of hydrogen-bond acceptors (Lipinski definition) is 6. The molecule has 8 nitrogen and oxygen atoms in total. The van der Waals surface area contributed by atoms with Crippen molar-refractivity contribution in [2.75, 3.05) is 0 Å². The number of aliphatic hydroxyl groups excluding tert-OH is 2. The second-order valence-corrected chi connectivity index (χ2v) is 5.76. The Labute approximate surface area is 146 Å². The smallest absolute Gasteiger partial charge is 1.00 e. The molecule has 0 spiro atoms. The van der Waals surface area contributed by atoms with Crippen LogP contribution in [0.4, 0.5) is 0 Å². The van der Waals surface area contributed by atoms with Crippen LogP contribution in [0.5, 0.6) is 0 Å². The Kier molecular flexibility index (Phi) is 25.3. The van der Waals surface area contributed by atoms with Crippen LogP contribution in [0.25, 0.3) is 0 Å². The van der Waals surface area contributed by atoms with Crippen LogP contribution >= 0.6 is 0 Å². The van der Waals surface area contributed by atoms with Gasteiger partial charge in [0.2, 0.25) is 0 Å². The summed E-state index contributed by atoms with van der Waals surface area (Å²) < 4.78 is 0. The van der Waals surface area contributed by atoms with Crippen molar-refractivity contribution in [3.8, 4) is 0 Å². The average Bonchev–Trinajstić information content (AvgIpc) is 2.12. The summed E-state index contributed by atoms with van der Waals surface area (Å²) in [5.74, 6) is 0. The molecular formula is C12H32CuF2N4O4. The van der Waals surface area contributed by atoms with Gasteiger partial charge in [-0.15, -0.1) is 0 Å². The minimum absolute atomic E-state index is 0. The van der Waals surface area contributed by atoms with Crippen molar-refractivity contribution >= 4 is 0 Å². The van der Waals surface area contributed by atoms with Crippen molar-refractivity contribution in [2.24, 2.45) is 22.9 Å². The summed E-state index contributed by atoms with van der Waals surface area (Å²) >= 11 is 0. The van der Waals surface area contributed by atoms with E-state index in [-0.39, 0.29) is 73.8 Å². The second kappa shape index (κ2) is 16.9. The molecule has 2 aliphatic carbocycles. The molecule has 6 atom stereocenters. The first-order chi connectivity index (χ1) is 8.36. The number of hydrogen-bond donors (Lipinski definition) is 6. The molecule has 0 aromatic rings. The van der Waals surface area contributed by atoms with Gasteiger partial charge < -0.3 is 53.5 Å². The monoisotopic (exact) mass is 397 g/mol. The van der Waals surface area contributed by atoms with Gasteiger partial charge in [0, 0.05) is 24.2 Å². The number of rotatable bonds is 0. The van der Waals surface area contributed by atoms with Crippen LogP contribution in [-0.4, -0.2) is 57.5 Å². The molecule has 0 aliphatic heterocycles. The Balaban J connectivity index is -0.0000000771. The fraction of sp³-hybridized carbons (Fsp3) is 1.00. The second-order valence-electron chi connectivity index (χ2n) is 5.76. The van der Waals surface area contributed by atoms with Crippen molar-refractivity contribution in [1.29, 1.82) is 0 Å². The molecule has 23 heavy (non-hydrogen) atoms. The van der Waals surface area contributed by atoms with E-state index < -0.39 is 0 Å². The topological polar surface area (TPSA) is 208 Å². The van der Waals surface area contributed by atoms with Gasteiger partial charge in [-0.05, 0) is 38.5 Å². The van der Waals surface area contributed by atoms with E-state index in [1.54, 1.807) is 0 Å². The van der Waals surface area contributed by atoms with E-state index in [2.05, 4.69) is 0 Å². The number of halogens is 2. The minimum Gasteiger partial charge on any atom is -1.00 e. The molecular weight excluding hydrogens is 366 g/mol. The minimum atomic E-state index is -0.260. The molecule has 2 rings (SSSR count). The zero-order valence-electron chi connectivity index (χ0n) is 13.0. The third kappa shape index (κ3) is 15.3. The summed E-state index contributed by atoms with van der Waals surface area (Å²) in [6, 6.07) is 0.458. The summed E-state index contributed by atoms with van der Waals surface area (Å²) in [7, 11) is 0. The van der Waals surface area contributed by atoms with E-state index in [4.69, 9.17) is 33.1 Å². The molecule has 2 saturated carbocycles. The van der Waals surface area contributed by atoms with E-state index in [0.717, 1.165) is 12.8 Å². The molecule has 0 aromatic carbocycles. The fourth-order valence-corrected chi connectivity index (χ4v) is 2.75. The normalized spacial score (nSPS) is 35.2. The van der Waals surface area contributed by atoms with Crippen LogP contribution in [0.2, 0.25) is 0 Å². The molecule has 11 heteroatoms. The Morgan fingerprint density at radius 3 is 0.826 bits per heavy atom. The standard InChI is InChI=1S/2C6H14N2O.Cu.2FH.2H2O/c2*7-4-1-5(8)3-6(9)2-4;;;;;/h2*4-6,9H,1-3,7-8H2;;2*1H;2*1H2/q;;+2;;;;/p-2/t2*4-,5+,6?;;;;;. The van der Waals surface area contributed by atoms with Gasteiger partial charge in [0.05, 0.1) is 12.2 Å². The maximum atomic E-state index is 9.09. The van der Waals surface area contributed by atoms with E-state index in [1.165, 1.54) is 0 Å². The molecule has 2 fully saturated rings. The average molecular weight is 398 g/mol. The van der Waals surface area contributed by atoms with Gasteiger partial charge in [0.25, 0.3) is 0 Å². The molecule has 14 N–H and O–H groups in total. The van der Waals surface area contributed by atoms with Gasteiger partial charge in [0.15, 0.2) is 0 Å². The van der Waals surface area contributed by atoms with Crippen LogP contribution in [0.3, 0.4) is 0 Å². The number of nitrogens with two attached hydrogens (primary N) is 4. The van der Waals surface area contributed by atoms with E-state index in [1.807, 2.05) is 0 Å². The van der Waals surface area contributed by atoms with Gasteiger partial charge in [-0.2, -0.15) is 0 Å². The summed E-state index contributed by atoms with van der Waals surface area (Å²) in [4.78, 5) is 0. The molecule has 0 aromatic heterocycles.